The number of aliphatic hydroxyl groups excluding tert-OH is 1. The maximum atomic E-state index is 12.9. The molecular weight excluding hydrogens is 336 g/mol. The van der Waals surface area contributed by atoms with Crippen molar-refractivity contribution < 1.29 is 29.3 Å². The molecule has 1 saturated carbocycles. The third-order valence-electron chi connectivity index (χ3n) is 6.01. The molecule has 0 bridgehead atoms. The first-order chi connectivity index (χ1) is 12.0. The van der Waals surface area contributed by atoms with Crippen molar-refractivity contribution in [1.82, 2.24) is 0 Å². The first-order valence-electron chi connectivity index (χ1n) is 8.52. The molecule has 3 N–H and O–H groups in total. The number of phenolic OH excluding ortho intramolecular Hbond substituents is 2. The molecule has 0 amide bonds. The predicted molar refractivity (Wildman–Crippen MR) is 93.6 cm³/mol. The molecule has 1 aromatic carbocycles. The number of fused-ring (bicyclic) bond motifs is 4. The van der Waals surface area contributed by atoms with E-state index in [-0.39, 0.29) is 51.4 Å². The lowest BCUT2D eigenvalue weighted by atomic mass is 9.54. The van der Waals surface area contributed by atoms with Crippen molar-refractivity contribution in [2.45, 2.75) is 46.0 Å². The van der Waals surface area contributed by atoms with E-state index < -0.39 is 22.4 Å². The topological polar surface area (TPSA) is 108 Å². The summed E-state index contributed by atoms with van der Waals surface area (Å²) in [6.45, 7) is 6.79. The molecule has 6 heteroatoms. The van der Waals surface area contributed by atoms with E-state index in [1.807, 2.05) is 0 Å². The van der Waals surface area contributed by atoms with Crippen LogP contribution in [0.1, 0.15) is 55.3 Å². The van der Waals surface area contributed by atoms with E-state index in [1.165, 1.54) is 6.07 Å². The Labute approximate surface area is 149 Å². The Bertz CT molecular complexity index is 1050. The number of furan rings is 1. The quantitative estimate of drug-likeness (QED) is 0.620. The van der Waals surface area contributed by atoms with Crippen molar-refractivity contribution in [2.75, 3.05) is 0 Å². The van der Waals surface area contributed by atoms with Crippen molar-refractivity contribution in [3.8, 4) is 11.5 Å². The molecule has 4 rings (SSSR count). The lowest BCUT2D eigenvalue weighted by Gasteiger charge is -2.47. The molecule has 6 nitrogen and oxygen atoms in total. The number of benzene rings is 1. The molecule has 1 aromatic heterocycles. The number of phenols is 2. The number of aromatic hydroxyl groups is 2. The molecule has 0 radical (unpaired) electrons. The van der Waals surface area contributed by atoms with Gasteiger partial charge in [0, 0.05) is 22.8 Å². The molecular formula is C20H20O6. The molecule has 26 heavy (non-hydrogen) atoms. The van der Waals surface area contributed by atoms with Crippen LogP contribution in [-0.4, -0.2) is 26.9 Å². The minimum absolute atomic E-state index is 0.0774. The maximum absolute atomic E-state index is 12.9. The van der Waals surface area contributed by atoms with Gasteiger partial charge in [-0.1, -0.05) is 6.92 Å². The minimum atomic E-state index is -1.06. The zero-order chi connectivity index (χ0) is 19.2. The Morgan fingerprint density at radius 2 is 1.73 bits per heavy atom. The third kappa shape index (κ3) is 1.71. The second-order valence-corrected chi connectivity index (χ2v) is 7.98. The normalized spacial score (nSPS) is 24.8. The average molecular weight is 356 g/mol. The minimum Gasteiger partial charge on any atom is -0.506 e. The molecule has 136 valence electrons. The van der Waals surface area contributed by atoms with Crippen molar-refractivity contribution in [2.24, 2.45) is 5.41 Å². The van der Waals surface area contributed by atoms with Gasteiger partial charge in [0.1, 0.15) is 17.3 Å². The fourth-order valence-electron chi connectivity index (χ4n) is 4.78. The standard InChI is InChI=1S/C20H20O6/c1-8-7-9-13(22)11-12(15(24)17(9)26-8)20(4)6-5-10(21)19(2,3)18(20)16(25)14(11)23/h7,22,24-25H,5-6H2,1-4H3. The third-order valence-corrected chi connectivity index (χ3v) is 6.01. The molecule has 1 atom stereocenters. The molecule has 2 aromatic rings. The highest BCUT2D eigenvalue weighted by molar-refractivity contribution is 6.17. The van der Waals surface area contributed by atoms with Crippen LogP contribution in [0.3, 0.4) is 0 Å². The van der Waals surface area contributed by atoms with Gasteiger partial charge in [0.25, 0.3) is 0 Å². The number of allylic oxidation sites excluding steroid dienone is 2. The van der Waals surface area contributed by atoms with E-state index in [1.54, 1.807) is 27.7 Å². The summed E-state index contributed by atoms with van der Waals surface area (Å²) >= 11 is 0. The first-order valence-corrected chi connectivity index (χ1v) is 8.52. The summed E-state index contributed by atoms with van der Waals surface area (Å²) in [6, 6.07) is 1.53. The highest BCUT2D eigenvalue weighted by Gasteiger charge is 2.56. The Morgan fingerprint density at radius 1 is 1.08 bits per heavy atom. The summed E-state index contributed by atoms with van der Waals surface area (Å²) in [5.41, 5.74) is -1.54. The van der Waals surface area contributed by atoms with Crippen LogP contribution >= 0.6 is 0 Å². The van der Waals surface area contributed by atoms with E-state index in [0.717, 1.165) is 0 Å². The Kier molecular flexibility index (Phi) is 3.01. The van der Waals surface area contributed by atoms with Gasteiger partial charge in [-0.05, 0) is 38.8 Å². The SMILES string of the molecule is Cc1cc2c(O)c3c(c(O)c2o1)C1(C)CCC(=O)C(C)(C)C1=C(O)C3=O. The average Bonchev–Trinajstić information content (AvgIpc) is 2.95. The van der Waals surface area contributed by atoms with Gasteiger partial charge in [0.2, 0.25) is 5.78 Å². The molecule has 0 saturated heterocycles. The van der Waals surface area contributed by atoms with Gasteiger partial charge in [0.15, 0.2) is 17.1 Å². The smallest absolute Gasteiger partial charge is 0.231 e. The van der Waals surface area contributed by atoms with Crippen LogP contribution in [0.4, 0.5) is 0 Å². The first kappa shape index (κ1) is 16.7. The summed E-state index contributed by atoms with van der Waals surface area (Å²) in [5, 5.41) is 32.6. The molecule has 0 spiro atoms. The van der Waals surface area contributed by atoms with Crippen LogP contribution in [-0.2, 0) is 10.2 Å². The monoisotopic (exact) mass is 356 g/mol. The van der Waals surface area contributed by atoms with Crippen molar-refractivity contribution in [3.63, 3.8) is 0 Å². The summed E-state index contributed by atoms with van der Waals surface area (Å²) in [4.78, 5) is 25.4. The van der Waals surface area contributed by atoms with Crippen molar-refractivity contribution in [1.29, 1.82) is 0 Å². The molecule has 1 unspecified atom stereocenters. The lowest BCUT2D eigenvalue weighted by molar-refractivity contribution is -0.127. The Hall–Kier alpha value is -2.76. The summed E-state index contributed by atoms with van der Waals surface area (Å²) in [6.07, 6.45) is 0.552. The van der Waals surface area contributed by atoms with E-state index in [0.29, 0.717) is 12.2 Å². The number of Topliss-reactive ketones (excluding diaryl/α,β-unsaturated/α-hetero) is 2. The Balaban J connectivity index is 2.18. The van der Waals surface area contributed by atoms with Crippen LogP contribution in [0.2, 0.25) is 0 Å². The second kappa shape index (κ2) is 4.69. The number of rotatable bonds is 0. The van der Waals surface area contributed by atoms with Crippen LogP contribution in [0.25, 0.3) is 11.0 Å². The van der Waals surface area contributed by atoms with Gasteiger partial charge in [-0.15, -0.1) is 0 Å². The molecule has 2 aliphatic carbocycles. The van der Waals surface area contributed by atoms with Crippen LogP contribution in [0.5, 0.6) is 11.5 Å². The number of carbonyl (C=O) groups excluding carboxylic acids is 2. The summed E-state index contributed by atoms with van der Waals surface area (Å²) < 4.78 is 5.54. The fraction of sp³-hybridized carbons (Fsp3) is 0.400. The molecule has 2 aliphatic rings. The van der Waals surface area contributed by atoms with Gasteiger partial charge in [-0.3, -0.25) is 9.59 Å². The largest absolute Gasteiger partial charge is 0.506 e. The Morgan fingerprint density at radius 3 is 2.38 bits per heavy atom. The number of aryl methyl sites for hydroxylation is 1. The molecule has 1 fully saturated rings. The lowest BCUT2D eigenvalue weighted by Crippen LogP contribution is -2.47. The van der Waals surface area contributed by atoms with Crippen molar-refractivity contribution >= 4 is 22.5 Å². The number of hydrogen-bond acceptors (Lipinski definition) is 6. The highest BCUT2D eigenvalue weighted by atomic mass is 16.4. The summed E-state index contributed by atoms with van der Waals surface area (Å²) in [7, 11) is 0. The second-order valence-electron chi connectivity index (χ2n) is 7.98. The van der Waals surface area contributed by atoms with E-state index in [9.17, 15) is 24.9 Å². The number of ketones is 2. The number of hydrogen-bond donors (Lipinski definition) is 3. The fourth-order valence-corrected chi connectivity index (χ4v) is 4.78. The molecule has 1 heterocycles. The van der Waals surface area contributed by atoms with Crippen LogP contribution in [0.15, 0.2) is 21.8 Å². The maximum Gasteiger partial charge on any atom is 0.231 e. The van der Waals surface area contributed by atoms with E-state index in [4.69, 9.17) is 4.42 Å². The van der Waals surface area contributed by atoms with E-state index in [2.05, 4.69) is 0 Å². The predicted octanol–water partition coefficient (Wildman–Crippen LogP) is 3.81. The van der Waals surface area contributed by atoms with Gasteiger partial charge < -0.3 is 19.7 Å². The van der Waals surface area contributed by atoms with Gasteiger partial charge in [-0.25, -0.2) is 0 Å². The van der Waals surface area contributed by atoms with Gasteiger partial charge >= 0.3 is 0 Å². The van der Waals surface area contributed by atoms with Crippen LogP contribution < -0.4 is 0 Å². The van der Waals surface area contributed by atoms with Crippen LogP contribution in [0, 0.1) is 12.3 Å². The van der Waals surface area contributed by atoms with Gasteiger partial charge in [-0.2, -0.15) is 0 Å². The zero-order valence-electron chi connectivity index (χ0n) is 15.1. The molecule has 0 aliphatic heterocycles. The number of aliphatic hydroxyl groups is 1. The zero-order valence-corrected chi connectivity index (χ0v) is 15.1. The van der Waals surface area contributed by atoms with E-state index >= 15 is 0 Å². The van der Waals surface area contributed by atoms with Gasteiger partial charge in [0.05, 0.1) is 10.9 Å². The number of carbonyl (C=O) groups is 2. The summed E-state index contributed by atoms with van der Waals surface area (Å²) in [5.74, 6) is -1.47. The highest BCUT2D eigenvalue weighted by Crippen LogP contribution is 2.59. The van der Waals surface area contributed by atoms with Crippen molar-refractivity contribution in [3.05, 3.63) is 34.3 Å².